The summed E-state index contributed by atoms with van der Waals surface area (Å²) in [7, 11) is 0. The Morgan fingerprint density at radius 3 is 2.57 bits per heavy atom. The second-order valence-corrected chi connectivity index (χ2v) is 4.14. The number of halogens is 4. The van der Waals surface area contributed by atoms with E-state index in [-0.39, 0.29) is 16.7 Å². The quantitative estimate of drug-likeness (QED) is 0.498. The van der Waals surface area contributed by atoms with E-state index in [1.165, 1.54) is 18.2 Å². The summed E-state index contributed by atoms with van der Waals surface area (Å²) in [4.78, 5) is 0.179. The lowest BCUT2D eigenvalue weighted by molar-refractivity contribution is 0.0537. The molecule has 0 saturated heterocycles. The second kappa shape index (κ2) is 4.31. The molecule has 0 aliphatic heterocycles. The Bertz CT molecular complexity index is 319. The van der Waals surface area contributed by atoms with Gasteiger partial charge in [0.15, 0.2) is 0 Å². The zero-order valence-electron chi connectivity index (χ0n) is 6.88. The number of thioether (sulfide) groups is 1. The molecule has 78 valence electrons. The smallest absolute Gasteiger partial charge is 0.342 e. The average Bonchev–Trinajstić information content (AvgIpc) is 2.02. The molecule has 0 aromatic heterocycles. The maximum atomic E-state index is 12.8. The van der Waals surface area contributed by atoms with E-state index in [9.17, 15) is 13.2 Å². The van der Waals surface area contributed by atoms with Gasteiger partial charge in [-0.15, -0.1) is 0 Å². The molecule has 0 heterocycles. The number of nitrogens with two attached hydrogens (primary N) is 1. The SMILES string of the molecule is Nc1cccc(SC(F)(F)C(F)Cl)c1. The standard InChI is InChI=1S/C8H7ClF3NS/c9-7(10)8(11,12)14-6-3-1-2-5(13)4-6/h1-4,7H,13H2. The third kappa shape index (κ3) is 2.99. The summed E-state index contributed by atoms with van der Waals surface area (Å²) < 4.78 is 37.8. The fraction of sp³-hybridized carbons (Fsp3) is 0.250. The van der Waals surface area contributed by atoms with E-state index in [1.807, 2.05) is 0 Å². The fourth-order valence-corrected chi connectivity index (χ4v) is 1.66. The predicted molar refractivity (Wildman–Crippen MR) is 52.4 cm³/mol. The molecule has 1 atom stereocenters. The van der Waals surface area contributed by atoms with Gasteiger partial charge in [-0.2, -0.15) is 8.78 Å². The average molecular weight is 242 g/mol. The third-order valence-electron chi connectivity index (χ3n) is 1.37. The fourth-order valence-electron chi connectivity index (χ4n) is 0.780. The molecule has 0 aliphatic rings. The molecule has 1 nitrogen and oxygen atoms in total. The summed E-state index contributed by atoms with van der Waals surface area (Å²) in [5.41, 5.74) is 3.00. The Labute approximate surface area is 88.4 Å². The molecule has 1 aromatic rings. The first kappa shape index (κ1) is 11.5. The normalized spacial score (nSPS) is 14.0. The zero-order valence-corrected chi connectivity index (χ0v) is 8.46. The first-order valence-electron chi connectivity index (χ1n) is 3.62. The van der Waals surface area contributed by atoms with Crippen molar-refractivity contribution in [2.45, 2.75) is 15.8 Å². The van der Waals surface area contributed by atoms with Crippen LogP contribution in [0.3, 0.4) is 0 Å². The summed E-state index contributed by atoms with van der Waals surface area (Å²) in [6, 6.07) is 5.80. The van der Waals surface area contributed by atoms with Crippen LogP contribution < -0.4 is 5.73 Å². The molecule has 0 spiro atoms. The van der Waals surface area contributed by atoms with Gasteiger partial charge in [-0.3, -0.25) is 0 Å². The number of alkyl halides is 4. The van der Waals surface area contributed by atoms with Gasteiger partial charge >= 0.3 is 5.25 Å². The molecule has 2 N–H and O–H groups in total. The van der Waals surface area contributed by atoms with E-state index in [2.05, 4.69) is 0 Å². The van der Waals surface area contributed by atoms with Gasteiger partial charge < -0.3 is 5.73 Å². The van der Waals surface area contributed by atoms with Crippen LogP contribution in [-0.2, 0) is 0 Å². The number of benzene rings is 1. The van der Waals surface area contributed by atoms with Crippen LogP contribution in [0, 0.1) is 0 Å². The molecule has 1 unspecified atom stereocenters. The van der Waals surface area contributed by atoms with E-state index in [4.69, 9.17) is 17.3 Å². The molecule has 1 aromatic carbocycles. The van der Waals surface area contributed by atoms with Crippen LogP contribution in [0.4, 0.5) is 18.9 Å². The van der Waals surface area contributed by atoms with Crippen LogP contribution in [0.1, 0.15) is 0 Å². The lowest BCUT2D eigenvalue weighted by Crippen LogP contribution is -2.20. The molecule has 0 fully saturated rings. The maximum Gasteiger partial charge on any atom is 0.342 e. The molecule has 0 bridgehead atoms. The maximum absolute atomic E-state index is 12.8. The van der Waals surface area contributed by atoms with E-state index < -0.39 is 10.9 Å². The Morgan fingerprint density at radius 2 is 2.07 bits per heavy atom. The van der Waals surface area contributed by atoms with Crippen molar-refractivity contribution in [1.29, 1.82) is 0 Å². The van der Waals surface area contributed by atoms with Crippen molar-refractivity contribution in [3.05, 3.63) is 24.3 Å². The molecule has 1 rings (SSSR count). The minimum Gasteiger partial charge on any atom is -0.399 e. The summed E-state index contributed by atoms with van der Waals surface area (Å²) in [6.45, 7) is 0. The number of hydrogen-bond acceptors (Lipinski definition) is 2. The summed E-state index contributed by atoms with van der Waals surface area (Å²) >= 11 is 4.74. The Kier molecular flexibility index (Phi) is 3.55. The number of rotatable bonds is 3. The lowest BCUT2D eigenvalue weighted by atomic mass is 10.3. The van der Waals surface area contributed by atoms with Crippen molar-refractivity contribution >= 4 is 29.1 Å². The van der Waals surface area contributed by atoms with Crippen molar-refractivity contribution < 1.29 is 13.2 Å². The molecule has 0 saturated carbocycles. The monoisotopic (exact) mass is 241 g/mol. The predicted octanol–water partition coefficient (Wildman–Crippen LogP) is 3.49. The van der Waals surface area contributed by atoms with Crippen LogP contribution in [0.25, 0.3) is 0 Å². The minimum atomic E-state index is -3.64. The molecular weight excluding hydrogens is 235 g/mol. The molecule has 0 aliphatic carbocycles. The zero-order chi connectivity index (χ0) is 10.8. The highest BCUT2D eigenvalue weighted by Gasteiger charge is 2.40. The van der Waals surface area contributed by atoms with Crippen molar-refractivity contribution in [2.24, 2.45) is 0 Å². The molecular formula is C8H7ClF3NS. The Morgan fingerprint density at radius 1 is 1.43 bits per heavy atom. The van der Waals surface area contributed by atoms with Crippen molar-refractivity contribution in [1.82, 2.24) is 0 Å². The number of hydrogen-bond donors (Lipinski definition) is 1. The van der Waals surface area contributed by atoms with Gasteiger partial charge in [-0.1, -0.05) is 17.7 Å². The van der Waals surface area contributed by atoms with Crippen molar-refractivity contribution in [3.63, 3.8) is 0 Å². The van der Waals surface area contributed by atoms with Crippen LogP contribution in [0.5, 0.6) is 0 Å². The summed E-state index contributed by atoms with van der Waals surface area (Å²) in [5, 5.41) is -3.64. The van der Waals surface area contributed by atoms with Crippen LogP contribution in [0.2, 0.25) is 0 Å². The topological polar surface area (TPSA) is 26.0 Å². The summed E-state index contributed by atoms with van der Waals surface area (Å²) in [5.74, 6) is 0. The van der Waals surface area contributed by atoms with Gasteiger partial charge in [-0.05, 0) is 30.0 Å². The van der Waals surface area contributed by atoms with Crippen LogP contribution in [0.15, 0.2) is 29.2 Å². The van der Waals surface area contributed by atoms with E-state index in [0.29, 0.717) is 5.69 Å². The second-order valence-electron chi connectivity index (χ2n) is 2.54. The van der Waals surface area contributed by atoms with Crippen LogP contribution >= 0.6 is 23.4 Å². The van der Waals surface area contributed by atoms with Gasteiger partial charge in [0.1, 0.15) is 0 Å². The van der Waals surface area contributed by atoms with Crippen molar-refractivity contribution in [2.75, 3.05) is 5.73 Å². The molecule has 14 heavy (non-hydrogen) atoms. The molecule has 0 radical (unpaired) electrons. The lowest BCUT2D eigenvalue weighted by Gasteiger charge is -2.15. The van der Waals surface area contributed by atoms with Gasteiger partial charge in [0.2, 0.25) is 5.63 Å². The first-order chi connectivity index (χ1) is 6.42. The molecule has 0 amide bonds. The summed E-state index contributed by atoms with van der Waals surface area (Å²) in [6.07, 6.45) is 0. The van der Waals surface area contributed by atoms with Gasteiger partial charge in [-0.25, -0.2) is 4.39 Å². The van der Waals surface area contributed by atoms with E-state index >= 15 is 0 Å². The number of nitrogen functional groups attached to an aromatic ring is 1. The van der Waals surface area contributed by atoms with Gasteiger partial charge in [0, 0.05) is 10.6 Å². The minimum absolute atomic E-state index is 0.0479. The molecule has 6 heteroatoms. The highest BCUT2D eigenvalue weighted by Crippen LogP contribution is 2.41. The third-order valence-corrected chi connectivity index (χ3v) is 2.74. The van der Waals surface area contributed by atoms with Gasteiger partial charge in [0.05, 0.1) is 0 Å². The van der Waals surface area contributed by atoms with Crippen molar-refractivity contribution in [3.8, 4) is 0 Å². The number of anilines is 1. The Balaban J connectivity index is 2.78. The first-order valence-corrected chi connectivity index (χ1v) is 4.87. The highest BCUT2D eigenvalue weighted by atomic mass is 35.5. The largest absolute Gasteiger partial charge is 0.399 e. The van der Waals surface area contributed by atoms with Gasteiger partial charge in [0.25, 0.3) is 0 Å². The Hall–Kier alpha value is -0.550. The van der Waals surface area contributed by atoms with E-state index in [1.54, 1.807) is 6.07 Å². The highest BCUT2D eigenvalue weighted by molar-refractivity contribution is 8.00. The van der Waals surface area contributed by atoms with E-state index in [0.717, 1.165) is 0 Å². The van der Waals surface area contributed by atoms with Crippen LogP contribution in [-0.4, -0.2) is 10.9 Å².